The third kappa shape index (κ3) is 4.35. The van der Waals surface area contributed by atoms with Crippen molar-refractivity contribution in [3.05, 3.63) is 66.6 Å². The predicted octanol–water partition coefficient (Wildman–Crippen LogP) is 1.78. The molecule has 1 fully saturated rings. The third-order valence-electron chi connectivity index (χ3n) is 4.96. The summed E-state index contributed by atoms with van der Waals surface area (Å²) in [7, 11) is 0. The topological polar surface area (TPSA) is 91.8 Å². The first-order chi connectivity index (χ1) is 14.8. The Morgan fingerprint density at radius 2 is 1.87 bits per heavy atom. The van der Waals surface area contributed by atoms with Gasteiger partial charge in [-0.2, -0.15) is 0 Å². The molecule has 0 saturated carbocycles. The lowest BCUT2D eigenvalue weighted by Crippen LogP contribution is -2.53. The van der Waals surface area contributed by atoms with E-state index in [0.29, 0.717) is 38.5 Å². The number of aliphatic imine (C=N–C) groups is 1. The highest BCUT2D eigenvalue weighted by atomic mass is 16.3. The standard InChI is InChI=1S/C21H25N7O2/c1-2-22-21(23-15-19-25-24-16-28(19)17-7-4-3-5-8-17)27-12-10-26(11-13-27)20(29)18-9-6-14-30-18/h3-9,14,16H,2,10-13,15H2,1H3,(H,22,23). The van der Waals surface area contributed by atoms with Crippen molar-refractivity contribution in [1.82, 2.24) is 29.9 Å². The zero-order valence-corrected chi connectivity index (χ0v) is 16.9. The summed E-state index contributed by atoms with van der Waals surface area (Å²) >= 11 is 0. The van der Waals surface area contributed by atoms with Gasteiger partial charge in [-0.05, 0) is 31.2 Å². The monoisotopic (exact) mass is 407 g/mol. The average Bonchev–Trinajstić information content (AvgIpc) is 3.49. The maximum absolute atomic E-state index is 12.5. The van der Waals surface area contributed by atoms with Crippen LogP contribution in [0.4, 0.5) is 0 Å². The molecular formula is C21H25N7O2. The van der Waals surface area contributed by atoms with E-state index in [0.717, 1.165) is 24.0 Å². The van der Waals surface area contributed by atoms with E-state index in [-0.39, 0.29) is 5.91 Å². The summed E-state index contributed by atoms with van der Waals surface area (Å²) in [6.45, 7) is 5.83. The van der Waals surface area contributed by atoms with Crippen LogP contribution in [0.2, 0.25) is 0 Å². The van der Waals surface area contributed by atoms with Crippen molar-refractivity contribution in [3.63, 3.8) is 0 Å². The van der Waals surface area contributed by atoms with Crippen molar-refractivity contribution in [1.29, 1.82) is 0 Å². The fourth-order valence-corrected chi connectivity index (χ4v) is 3.42. The molecule has 3 heterocycles. The Labute approximate surface area is 175 Å². The van der Waals surface area contributed by atoms with Gasteiger partial charge in [0.05, 0.1) is 6.26 Å². The summed E-state index contributed by atoms with van der Waals surface area (Å²) in [6, 6.07) is 13.4. The SMILES string of the molecule is CCNC(=NCc1nncn1-c1ccccc1)N1CCN(C(=O)c2ccco2)CC1. The number of rotatable bonds is 5. The van der Waals surface area contributed by atoms with E-state index >= 15 is 0 Å². The molecule has 0 atom stereocenters. The molecule has 0 unspecified atom stereocenters. The molecule has 1 aromatic carbocycles. The Balaban J connectivity index is 1.42. The van der Waals surface area contributed by atoms with Crippen molar-refractivity contribution < 1.29 is 9.21 Å². The van der Waals surface area contributed by atoms with E-state index in [4.69, 9.17) is 9.41 Å². The average molecular weight is 407 g/mol. The van der Waals surface area contributed by atoms with Gasteiger partial charge in [0.15, 0.2) is 17.5 Å². The number of furan rings is 1. The van der Waals surface area contributed by atoms with E-state index in [9.17, 15) is 4.79 Å². The van der Waals surface area contributed by atoms with Crippen molar-refractivity contribution in [3.8, 4) is 5.69 Å². The number of piperazine rings is 1. The lowest BCUT2D eigenvalue weighted by Gasteiger charge is -2.36. The molecule has 0 radical (unpaired) electrons. The summed E-state index contributed by atoms with van der Waals surface area (Å²) in [4.78, 5) is 21.2. The second-order valence-electron chi connectivity index (χ2n) is 6.88. The number of para-hydroxylation sites is 1. The molecule has 1 aliphatic rings. The van der Waals surface area contributed by atoms with Crippen molar-refractivity contribution in [2.24, 2.45) is 4.99 Å². The van der Waals surface area contributed by atoms with Gasteiger partial charge in [0.2, 0.25) is 0 Å². The first kappa shape index (κ1) is 19.7. The third-order valence-corrected chi connectivity index (χ3v) is 4.96. The number of carbonyl (C=O) groups excluding carboxylic acids is 1. The van der Waals surface area contributed by atoms with Gasteiger partial charge in [0, 0.05) is 38.4 Å². The van der Waals surface area contributed by atoms with Crippen LogP contribution in [0.15, 0.2) is 64.5 Å². The first-order valence-electron chi connectivity index (χ1n) is 10.1. The number of carbonyl (C=O) groups is 1. The van der Waals surface area contributed by atoms with E-state index in [1.54, 1.807) is 18.5 Å². The van der Waals surface area contributed by atoms with E-state index < -0.39 is 0 Å². The molecule has 9 nitrogen and oxygen atoms in total. The second kappa shape index (κ2) is 9.25. The molecule has 1 aliphatic heterocycles. The van der Waals surface area contributed by atoms with Crippen LogP contribution >= 0.6 is 0 Å². The van der Waals surface area contributed by atoms with E-state index in [1.165, 1.54) is 6.26 Å². The van der Waals surface area contributed by atoms with Crippen LogP contribution in [0.25, 0.3) is 5.69 Å². The van der Waals surface area contributed by atoms with E-state index in [2.05, 4.69) is 20.4 Å². The maximum atomic E-state index is 12.5. The molecule has 4 rings (SSSR count). The van der Waals surface area contributed by atoms with Gasteiger partial charge in [-0.1, -0.05) is 18.2 Å². The van der Waals surface area contributed by atoms with Crippen LogP contribution in [0.1, 0.15) is 23.3 Å². The van der Waals surface area contributed by atoms with Gasteiger partial charge in [0.25, 0.3) is 5.91 Å². The number of nitrogens with zero attached hydrogens (tertiary/aromatic N) is 6. The molecule has 1 N–H and O–H groups in total. The number of hydrogen-bond acceptors (Lipinski definition) is 5. The van der Waals surface area contributed by atoms with Gasteiger partial charge >= 0.3 is 0 Å². The van der Waals surface area contributed by atoms with Crippen LogP contribution in [-0.4, -0.2) is 69.2 Å². The molecular weight excluding hydrogens is 382 g/mol. The smallest absolute Gasteiger partial charge is 0.289 e. The van der Waals surface area contributed by atoms with Crippen LogP contribution in [0.3, 0.4) is 0 Å². The van der Waals surface area contributed by atoms with Crippen LogP contribution < -0.4 is 5.32 Å². The van der Waals surface area contributed by atoms with Crippen LogP contribution in [-0.2, 0) is 6.54 Å². The Bertz CT molecular complexity index is 974. The molecule has 2 aromatic heterocycles. The van der Waals surface area contributed by atoms with E-state index in [1.807, 2.05) is 46.7 Å². The number of guanidine groups is 1. The second-order valence-corrected chi connectivity index (χ2v) is 6.88. The van der Waals surface area contributed by atoms with Crippen molar-refractivity contribution in [2.45, 2.75) is 13.5 Å². The fraction of sp³-hybridized carbons (Fsp3) is 0.333. The number of amides is 1. The molecule has 9 heteroatoms. The maximum Gasteiger partial charge on any atom is 0.289 e. The lowest BCUT2D eigenvalue weighted by atomic mass is 10.3. The largest absolute Gasteiger partial charge is 0.459 e. The molecule has 3 aromatic rings. The number of nitrogens with one attached hydrogen (secondary N) is 1. The molecule has 0 aliphatic carbocycles. The van der Waals surface area contributed by atoms with Gasteiger partial charge in [-0.25, -0.2) is 4.99 Å². The highest BCUT2D eigenvalue weighted by molar-refractivity contribution is 5.91. The zero-order chi connectivity index (χ0) is 20.8. The van der Waals surface area contributed by atoms with Gasteiger partial charge in [-0.15, -0.1) is 10.2 Å². The summed E-state index contributed by atoms with van der Waals surface area (Å²) in [5.74, 6) is 1.88. The van der Waals surface area contributed by atoms with Crippen LogP contribution in [0.5, 0.6) is 0 Å². The van der Waals surface area contributed by atoms with Crippen LogP contribution in [0, 0.1) is 0 Å². The lowest BCUT2D eigenvalue weighted by molar-refractivity contribution is 0.0657. The highest BCUT2D eigenvalue weighted by Crippen LogP contribution is 2.12. The minimum absolute atomic E-state index is 0.0717. The van der Waals surface area contributed by atoms with Crippen molar-refractivity contribution >= 4 is 11.9 Å². The normalized spacial score (nSPS) is 14.8. The summed E-state index contributed by atoms with van der Waals surface area (Å²) in [5.41, 5.74) is 1.00. The molecule has 30 heavy (non-hydrogen) atoms. The predicted molar refractivity (Wildman–Crippen MR) is 112 cm³/mol. The Kier molecular flexibility index (Phi) is 6.07. The summed E-state index contributed by atoms with van der Waals surface area (Å²) in [5, 5.41) is 11.6. The summed E-state index contributed by atoms with van der Waals surface area (Å²) in [6.07, 6.45) is 3.22. The Morgan fingerprint density at radius 1 is 1.10 bits per heavy atom. The minimum Gasteiger partial charge on any atom is -0.459 e. The first-order valence-corrected chi connectivity index (χ1v) is 10.1. The van der Waals surface area contributed by atoms with Gasteiger partial charge in [0.1, 0.15) is 12.9 Å². The summed E-state index contributed by atoms with van der Waals surface area (Å²) < 4.78 is 7.17. The molecule has 0 spiro atoms. The highest BCUT2D eigenvalue weighted by Gasteiger charge is 2.25. The van der Waals surface area contributed by atoms with Crippen molar-refractivity contribution in [2.75, 3.05) is 32.7 Å². The minimum atomic E-state index is -0.0717. The molecule has 0 bridgehead atoms. The molecule has 1 amide bonds. The number of benzene rings is 1. The molecule has 156 valence electrons. The Morgan fingerprint density at radius 3 is 2.57 bits per heavy atom. The zero-order valence-electron chi connectivity index (χ0n) is 16.9. The molecule has 1 saturated heterocycles. The quantitative estimate of drug-likeness (QED) is 0.512. The van der Waals surface area contributed by atoms with Gasteiger partial charge < -0.3 is 19.5 Å². The number of aromatic nitrogens is 3. The Hall–Kier alpha value is -3.62. The van der Waals surface area contributed by atoms with Gasteiger partial charge in [-0.3, -0.25) is 9.36 Å². The fourth-order valence-electron chi connectivity index (χ4n) is 3.42. The number of hydrogen-bond donors (Lipinski definition) is 1.